The summed E-state index contributed by atoms with van der Waals surface area (Å²) in [5.74, 6) is 3.96. The van der Waals surface area contributed by atoms with Gasteiger partial charge in [-0.25, -0.2) is 0 Å². The van der Waals surface area contributed by atoms with Gasteiger partial charge in [0.25, 0.3) is 0 Å². The highest BCUT2D eigenvalue weighted by molar-refractivity contribution is 7.80. The van der Waals surface area contributed by atoms with Crippen molar-refractivity contribution in [3.8, 4) is 0 Å². The zero-order valence-corrected chi connectivity index (χ0v) is 16.8. The van der Waals surface area contributed by atoms with Crippen molar-refractivity contribution >= 4 is 27.7 Å². The van der Waals surface area contributed by atoms with Gasteiger partial charge in [0.1, 0.15) is 5.78 Å². The summed E-state index contributed by atoms with van der Waals surface area (Å²) in [6, 6.07) is 0. The van der Waals surface area contributed by atoms with Gasteiger partial charge in [-0.3, -0.25) is 4.79 Å². The molecule has 4 unspecified atom stereocenters. The Labute approximate surface area is 150 Å². The first-order chi connectivity index (χ1) is 11.0. The number of rotatable bonds is 3. The van der Waals surface area contributed by atoms with Gasteiger partial charge in [-0.15, -0.1) is 9.24 Å². The minimum atomic E-state index is 0.343. The second-order valence-electron chi connectivity index (χ2n) is 8.77. The van der Waals surface area contributed by atoms with Crippen molar-refractivity contribution < 1.29 is 4.79 Å². The maximum absolute atomic E-state index is 13.0. The van der Waals surface area contributed by atoms with Crippen LogP contribution in [-0.2, 0) is 4.79 Å². The molecule has 3 rings (SSSR count). The Morgan fingerprint density at radius 2 is 1.48 bits per heavy atom. The van der Waals surface area contributed by atoms with Crippen LogP contribution in [0.5, 0.6) is 0 Å². The molecule has 0 saturated heterocycles. The van der Waals surface area contributed by atoms with Gasteiger partial charge in [0.05, 0.1) is 0 Å². The molecule has 3 saturated carbocycles. The first kappa shape index (κ1) is 18.2. The quantitative estimate of drug-likeness (QED) is 0.521. The number of hydrogen-bond donors (Lipinski definition) is 1. The van der Waals surface area contributed by atoms with Gasteiger partial charge < -0.3 is 0 Å². The van der Waals surface area contributed by atoms with Gasteiger partial charge >= 0.3 is 0 Å². The van der Waals surface area contributed by atoms with Crippen LogP contribution in [0.3, 0.4) is 0 Å². The van der Waals surface area contributed by atoms with E-state index < -0.39 is 0 Å². The van der Waals surface area contributed by atoms with E-state index in [9.17, 15) is 4.79 Å². The van der Waals surface area contributed by atoms with Gasteiger partial charge in [-0.05, 0) is 81.2 Å². The summed E-state index contributed by atoms with van der Waals surface area (Å²) in [5, 5.41) is 0.643. The lowest BCUT2D eigenvalue weighted by molar-refractivity contribution is -0.129. The summed E-state index contributed by atoms with van der Waals surface area (Å²) >= 11 is 4.64. The van der Waals surface area contributed by atoms with Crippen LogP contribution in [-0.4, -0.2) is 16.7 Å². The zero-order valence-electron chi connectivity index (χ0n) is 14.8. The molecule has 1 nitrogen and oxygen atoms in total. The fourth-order valence-corrected chi connectivity index (χ4v) is 6.47. The SMILES string of the molecule is CC1CCC(C(=O)C2CCC(C3CCC(S)CC3)CC2P)CC1. The van der Waals surface area contributed by atoms with Crippen molar-refractivity contribution in [2.75, 3.05) is 0 Å². The van der Waals surface area contributed by atoms with Crippen molar-refractivity contribution in [1.29, 1.82) is 0 Å². The number of Topliss-reactive ketones (excluding diaryl/α,β-unsaturated/α-hetero) is 1. The molecular formula is C20H35OPS. The standard InChI is InChI=1S/C20H35OPS/c1-13-2-4-15(5-3-13)20(21)18-11-8-16(12-19(18)22)14-6-9-17(23)10-7-14/h13-19,23H,2-12,22H2,1H3. The molecule has 0 aromatic rings. The molecule has 3 fully saturated rings. The van der Waals surface area contributed by atoms with E-state index in [4.69, 9.17) is 0 Å². The van der Waals surface area contributed by atoms with Crippen molar-refractivity contribution in [3.05, 3.63) is 0 Å². The molecule has 0 aromatic heterocycles. The summed E-state index contributed by atoms with van der Waals surface area (Å²) in [5.41, 5.74) is 0.536. The molecule has 3 aliphatic carbocycles. The van der Waals surface area contributed by atoms with Crippen LogP contribution in [0.4, 0.5) is 0 Å². The number of thiol groups is 1. The van der Waals surface area contributed by atoms with Crippen LogP contribution in [0.15, 0.2) is 0 Å². The third-order valence-electron chi connectivity index (χ3n) is 7.13. The summed E-state index contributed by atoms with van der Waals surface area (Å²) < 4.78 is 0. The van der Waals surface area contributed by atoms with Gasteiger partial charge in [0, 0.05) is 17.1 Å². The molecule has 4 atom stereocenters. The lowest BCUT2D eigenvalue weighted by Crippen LogP contribution is -2.38. The Bertz CT molecular complexity index is 396. The fourth-order valence-electron chi connectivity index (χ4n) is 5.44. The molecule has 23 heavy (non-hydrogen) atoms. The topological polar surface area (TPSA) is 17.1 Å². The van der Waals surface area contributed by atoms with Crippen LogP contribution in [0.25, 0.3) is 0 Å². The summed E-state index contributed by atoms with van der Waals surface area (Å²) in [6.45, 7) is 2.34. The van der Waals surface area contributed by atoms with E-state index in [0.717, 1.165) is 37.0 Å². The van der Waals surface area contributed by atoms with Crippen molar-refractivity contribution in [1.82, 2.24) is 0 Å². The highest BCUT2D eigenvalue weighted by Gasteiger charge is 2.39. The normalized spacial score (nSPS) is 45.6. The van der Waals surface area contributed by atoms with Gasteiger partial charge in [0.15, 0.2) is 0 Å². The first-order valence-electron chi connectivity index (χ1n) is 10.0. The third-order valence-corrected chi connectivity index (χ3v) is 8.39. The maximum Gasteiger partial charge on any atom is 0.139 e. The minimum Gasteiger partial charge on any atom is -0.299 e. The minimum absolute atomic E-state index is 0.343. The number of carbonyl (C=O) groups excluding carboxylic acids is 1. The van der Waals surface area contributed by atoms with E-state index in [1.807, 2.05) is 0 Å². The lowest BCUT2D eigenvalue weighted by Gasteiger charge is -2.41. The first-order valence-corrected chi connectivity index (χ1v) is 11.2. The molecule has 3 aliphatic rings. The Kier molecular flexibility index (Phi) is 6.52. The van der Waals surface area contributed by atoms with Crippen molar-refractivity contribution in [2.24, 2.45) is 29.6 Å². The predicted molar refractivity (Wildman–Crippen MR) is 105 cm³/mol. The Morgan fingerprint density at radius 1 is 0.870 bits per heavy atom. The summed E-state index contributed by atoms with van der Waals surface area (Å²) in [4.78, 5) is 13.0. The Morgan fingerprint density at radius 3 is 2.09 bits per heavy atom. The smallest absolute Gasteiger partial charge is 0.139 e. The molecule has 0 amide bonds. The van der Waals surface area contributed by atoms with Crippen LogP contribution < -0.4 is 0 Å². The van der Waals surface area contributed by atoms with E-state index in [-0.39, 0.29) is 0 Å². The van der Waals surface area contributed by atoms with Crippen molar-refractivity contribution in [3.63, 3.8) is 0 Å². The third kappa shape index (κ3) is 4.55. The molecule has 0 spiro atoms. The van der Waals surface area contributed by atoms with E-state index in [2.05, 4.69) is 28.8 Å². The average Bonchev–Trinajstić information content (AvgIpc) is 2.55. The van der Waals surface area contributed by atoms with Crippen molar-refractivity contribution in [2.45, 2.75) is 88.5 Å². The summed E-state index contributed by atoms with van der Waals surface area (Å²) in [7, 11) is 3.05. The molecule has 0 heterocycles. The highest BCUT2D eigenvalue weighted by Crippen LogP contribution is 2.44. The molecule has 0 aliphatic heterocycles. The number of carbonyl (C=O) groups is 1. The van der Waals surface area contributed by atoms with Crippen LogP contribution in [0.2, 0.25) is 0 Å². The molecular weight excluding hydrogens is 319 g/mol. The second-order valence-corrected chi connectivity index (χ2v) is 10.4. The zero-order chi connectivity index (χ0) is 16.4. The second kappa shape index (κ2) is 8.22. The van der Waals surface area contributed by atoms with Crippen LogP contribution >= 0.6 is 21.9 Å². The monoisotopic (exact) mass is 354 g/mol. The van der Waals surface area contributed by atoms with Crippen LogP contribution in [0.1, 0.15) is 77.6 Å². The average molecular weight is 355 g/mol. The van der Waals surface area contributed by atoms with Gasteiger partial charge in [-0.1, -0.05) is 19.8 Å². The predicted octanol–water partition coefficient (Wildman–Crippen LogP) is 5.53. The van der Waals surface area contributed by atoms with E-state index in [1.165, 1.54) is 51.4 Å². The van der Waals surface area contributed by atoms with Crippen LogP contribution in [0, 0.1) is 29.6 Å². The van der Waals surface area contributed by atoms with E-state index in [0.29, 0.717) is 28.5 Å². The van der Waals surface area contributed by atoms with E-state index in [1.54, 1.807) is 0 Å². The fraction of sp³-hybridized carbons (Fsp3) is 0.950. The number of ketones is 1. The van der Waals surface area contributed by atoms with Gasteiger partial charge in [0.2, 0.25) is 0 Å². The molecule has 132 valence electrons. The molecule has 0 N–H and O–H groups in total. The maximum atomic E-state index is 13.0. The Balaban J connectivity index is 1.51. The number of hydrogen-bond acceptors (Lipinski definition) is 2. The molecule has 0 bridgehead atoms. The molecule has 0 aromatic carbocycles. The lowest BCUT2D eigenvalue weighted by atomic mass is 9.68. The highest BCUT2D eigenvalue weighted by atomic mass is 32.1. The molecule has 3 heteroatoms. The Hall–Kier alpha value is 0.450. The van der Waals surface area contributed by atoms with E-state index >= 15 is 0 Å². The largest absolute Gasteiger partial charge is 0.299 e. The summed E-state index contributed by atoms with van der Waals surface area (Å²) in [6.07, 6.45) is 13.9. The van der Waals surface area contributed by atoms with Gasteiger partial charge in [-0.2, -0.15) is 12.6 Å². The molecule has 0 radical (unpaired) electrons.